The van der Waals surface area contributed by atoms with Crippen LogP contribution in [-0.4, -0.2) is 0 Å². The summed E-state index contributed by atoms with van der Waals surface area (Å²) >= 11 is 0. The predicted molar refractivity (Wildman–Crippen MR) is 76.0 cm³/mol. The minimum Gasteiger partial charge on any atom is -0.132 e. The summed E-state index contributed by atoms with van der Waals surface area (Å²) in [6, 6.07) is 17.5. The minimum atomic E-state index is 0.285. The summed E-state index contributed by atoms with van der Waals surface area (Å²) in [7, 11) is 0. The molecule has 0 saturated heterocycles. The molecular weight excluding hydrogens is 244 g/mol. The highest BCUT2D eigenvalue weighted by Gasteiger charge is 2.51. The van der Waals surface area contributed by atoms with Gasteiger partial charge in [0.2, 0.25) is 11.4 Å². The average molecular weight is 258 g/mol. The zero-order valence-corrected chi connectivity index (χ0v) is 11.2. The van der Waals surface area contributed by atoms with Crippen molar-refractivity contribution in [2.45, 2.75) is 13.1 Å². The van der Waals surface area contributed by atoms with Gasteiger partial charge in [-0.3, -0.25) is 0 Å². The highest BCUT2D eigenvalue weighted by atomic mass is 15.2. The number of fused-ring (bicyclic) bond motifs is 6. The van der Waals surface area contributed by atoms with Crippen LogP contribution in [0, 0.1) is 6.92 Å². The second kappa shape index (κ2) is 3.34. The van der Waals surface area contributed by atoms with Gasteiger partial charge in [-0.05, 0) is 36.8 Å². The lowest BCUT2D eigenvalue weighted by atomic mass is 9.97. The highest BCUT2D eigenvalue weighted by Crippen LogP contribution is 2.42. The maximum atomic E-state index is 2.38. The summed E-state index contributed by atoms with van der Waals surface area (Å²) < 4.78 is 4.76. The molecule has 2 nitrogen and oxygen atoms in total. The van der Waals surface area contributed by atoms with Crippen LogP contribution in [0.15, 0.2) is 60.9 Å². The van der Waals surface area contributed by atoms with Crippen LogP contribution in [0.4, 0.5) is 0 Å². The topological polar surface area (TPSA) is 7.76 Å². The van der Waals surface area contributed by atoms with E-state index in [9.17, 15) is 0 Å². The first-order valence-electron chi connectivity index (χ1n) is 7.00. The van der Waals surface area contributed by atoms with Gasteiger partial charge in [0.1, 0.15) is 5.56 Å². The van der Waals surface area contributed by atoms with Crippen molar-refractivity contribution in [2.24, 2.45) is 0 Å². The Hall–Kier alpha value is -2.48. The van der Waals surface area contributed by atoms with Crippen molar-refractivity contribution in [1.82, 2.24) is 0 Å². The quantitative estimate of drug-likeness (QED) is 0.377. The zero-order valence-electron chi connectivity index (χ0n) is 11.2. The van der Waals surface area contributed by atoms with Crippen LogP contribution in [0.3, 0.4) is 0 Å². The smallest absolute Gasteiger partial charge is 0.132 e. The van der Waals surface area contributed by atoms with Gasteiger partial charge in [-0.1, -0.05) is 0 Å². The predicted octanol–water partition coefficient (Wildman–Crippen LogP) is 2.63. The van der Waals surface area contributed by atoms with Gasteiger partial charge in [0.05, 0.1) is 11.1 Å². The first kappa shape index (κ1) is 10.3. The Bertz CT molecular complexity index is 812. The summed E-state index contributed by atoms with van der Waals surface area (Å²) in [6.45, 7) is 2.18. The monoisotopic (exact) mass is 258 g/mol. The van der Waals surface area contributed by atoms with E-state index in [2.05, 4.69) is 77.0 Å². The molecule has 2 aliphatic heterocycles. The zero-order chi connectivity index (χ0) is 13.3. The molecule has 0 fully saturated rings. The van der Waals surface area contributed by atoms with Crippen LogP contribution in [-0.2, 0) is 0 Å². The molecule has 94 valence electrons. The van der Waals surface area contributed by atoms with Crippen molar-refractivity contribution >= 4 is 0 Å². The molecule has 0 bridgehead atoms. The van der Waals surface area contributed by atoms with Crippen LogP contribution in [0.1, 0.15) is 17.3 Å². The molecule has 3 aromatic rings. The molecule has 0 spiro atoms. The number of nitrogens with zero attached hydrogens (tertiary/aromatic N) is 2. The van der Waals surface area contributed by atoms with Crippen molar-refractivity contribution in [3.8, 4) is 22.5 Å². The summed E-state index contributed by atoms with van der Waals surface area (Å²) in [4.78, 5) is 0. The van der Waals surface area contributed by atoms with Gasteiger partial charge in [0.15, 0.2) is 12.4 Å². The van der Waals surface area contributed by atoms with Crippen molar-refractivity contribution in [1.29, 1.82) is 0 Å². The third-order valence-corrected chi connectivity index (χ3v) is 4.44. The molecule has 0 N–H and O–H groups in total. The van der Waals surface area contributed by atoms with Crippen LogP contribution >= 0.6 is 0 Å². The molecule has 0 saturated carbocycles. The Kier molecular flexibility index (Phi) is 1.72. The van der Waals surface area contributed by atoms with Gasteiger partial charge in [0.25, 0.3) is 0 Å². The normalized spacial score (nSPS) is 14.1. The number of benzene rings is 1. The molecule has 2 heteroatoms. The van der Waals surface area contributed by atoms with E-state index in [-0.39, 0.29) is 6.17 Å². The van der Waals surface area contributed by atoms with Crippen molar-refractivity contribution in [2.75, 3.05) is 0 Å². The van der Waals surface area contributed by atoms with Crippen molar-refractivity contribution < 1.29 is 9.13 Å². The van der Waals surface area contributed by atoms with Crippen LogP contribution in [0.2, 0.25) is 0 Å². The van der Waals surface area contributed by atoms with Gasteiger partial charge >= 0.3 is 6.17 Å². The van der Waals surface area contributed by atoms with Gasteiger partial charge in [-0.25, -0.2) is 0 Å². The Balaban J connectivity index is 1.99. The Morgan fingerprint density at radius 1 is 0.800 bits per heavy atom. The van der Waals surface area contributed by atoms with Gasteiger partial charge in [0, 0.05) is 24.3 Å². The van der Waals surface area contributed by atoms with Crippen LogP contribution in [0.5, 0.6) is 0 Å². The second-order valence-electron chi connectivity index (χ2n) is 5.63. The number of pyridine rings is 2. The Morgan fingerprint density at radius 2 is 1.35 bits per heavy atom. The fourth-order valence-corrected chi connectivity index (χ4v) is 3.71. The lowest BCUT2D eigenvalue weighted by Crippen LogP contribution is -2.54. The average Bonchev–Trinajstić information content (AvgIpc) is 2.98. The lowest BCUT2D eigenvalue weighted by Gasteiger charge is -2.01. The molecule has 20 heavy (non-hydrogen) atoms. The summed E-state index contributed by atoms with van der Waals surface area (Å²) in [5.74, 6) is 0. The molecule has 5 rings (SSSR count). The number of hydrogen-bond acceptors (Lipinski definition) is 0. The van der Waals surface area contributed by atoms with Gasteiger partial charge in [-0.15, -0.1) is 9.13 Å². The summed E-state index contributed by atoms with van der Waals surface area (Å²) in [6.07, 6.45) is 4.66. The molecule has 1 aromatic carbocycles. The minimum absolute atomic E-state index is 0.285. The standard InChI is InChI=1S/C18H14N2/c1-12-10-13-15-6-2-4-8-19(15)18-17(13)14(11-12)16-7-3-5-9-20(16)18/h2-11,18H,1H3/q+2. The molecule has 4 heterocycles. The van der Waals surface area contributed by atoms with E-state index < -0.39 is 0 Å². The largest absolute Gasteiger partial charge is 0.382 e. The molecule has 0 amide bonds. The second-order valence-corrected chi connectivity index (χ2v) is 5.63. The van der Waals surface area contributed by atoms with E-state index in [4.69, 9.17) is 0 Å². The fraction of sp³-hybridized carbons (Fsp3) is 0.111. The SMILES string of the molecule is Cc1cc2c3c(c1)-c1cccc[n+]1C3[n+]1ccccc1-2. The first-order valence-corrected chi connectivity index (χ1v) is 7.00. The van der Waals surface area contributed by atoms with Crippen LogP contribution < -0.4 is 9.13 Å². The molecule has 0 atom stereocenters. The maximum Gasteiger partial charge on any atom is 0.382 e. The third kappa shape index (κ3) is 1.06. The van der Waals surface area contributed by atoms with Crippen molar-refractivity contribution in [3.05, 3.63) is 72.1 Å². The number of rotatable bonds is 0. The van der Waals surface area contributed by atoms with E-state index in [1.54, 1.807) is 0 Å². The van der Waals surface area contributed by atoms with Crippen LogP contribution in [0.25, 0.3) is 22.5 Å². The van der Waals surface area contributed by atoms with Crippen molar-refractivity contribution in [3.63, 3.8) is 0 Å². The van der Waals surface area contributed by atoms with E-state index in [1.807, 2.05) is 0 Å². The molecule has 0 unspecified atom stereocenters. The number of aromatic nitrogens is 2. The third-order valence-electron chi connectivity index (χ3n) is 4.44. The van der Waals surface area contributed by atoms with Gasteiger partial charge < -0.3 is 0 Å². The highest BCUT2D eigenvalue weighted by molar-refractivity contribution is 5.78. The summed E-state index contributed by atoms with van der Waals surface area (Å²) in [5.41, 5.74) is 8.18. The number of aryl methyl sites for hydroxylation is 1. The summed E-state index contributed by atoms with van der Waals surface area (Å²) in [5, 5.41) is 0. The molecule has 2 aromatic heterocycles. The molecule has 0 aliphatic carbocycles. The molecule has 2 aliphatic rings. The van der Waals surface area contributed by atoms with E-state index in [0.717, 1.165) is 0 Å². The lowest BCUT2D eigenvalue weighted by molar-refractivity contribution is -0.917. The molecule has 0 radical (unpaired) electrons. The van der Waals surface area contributed by atoms with E-state index in [0.29, 0.717) is 0 Å². The molecular formula is C18H14N2+2. The Labute approximate surface area is 117 Å². The van der Waals surface area contributed by atoms with E-state index >= 15 is 0 Å². The fourth-order valence-electron chi connectivity index (χ4n) is 3.71. The maximum absolute atomic E-state index is 2.38. The van der Waals surface area contributed by atoms with Gasteiger partial charge in [-0.2, -0.15) is 0 Å². The van der Waals surface area contributed by atoms with E-state index in [1.165, 1.54) is 33.6 Å². The first-order chi connectivity index (χ1) is 9.84. The Morgan fingerprint density at radius 3 is 1.90 bits per heavy atom. The number of hydrogen-bond donors (Lipinski definition) is 0.